The lowest BCUT2D eigenvalue weighted by Gasteiger charge is -2.04. The van der Waals surface area contributed by atoms with E-state index in [-0.39, 0.29) is 0 Å². The molecule has 0 atom stereocenters. The first-order valence-corrected chi connectivity index (χ1v) is 5.14. The van der Waals surface area contributed by atoms with E-state index in [1.54, 1.807) is 0 Å². The summed E-state index contributed by atoms with van der Waals surface area (Å²) >= 11 is 5.93. The highest BCUT2D eigenvalue weighted by Crippen LogP contribution is 2.21. The molecule has 1 nitrogen and oxygen atoms in total. The lowest BCUT2D eigenvalue weighted by atomic mass is 10.1. The minimum atomic E-state index is 0.748. The molecule has 0 aliphatic heterocycles. The number of halogens is 1. The van der Waals surface area contributed by atoms with Crippen LogP contribution < -0.4 is 0 Å². The third-order valence-electron chi connectivity index (χ3n) is 2.39. The van der Waals surface area contributed by atoms with Gasteiger partial charge in [0, 0.05) is 16.1 Å². The first-order chi connectivity index (χ1) is 6.70. The summed E-state index contributed by atoms with van der Waals surface area (Å²) in [6.07, 6.45) is 0.962. The first kappa shape index (κ1) is 9.47. The van der Waals surface area contributed by atoms with Crippen LogP contribution in [0.3, 0.4) is 0 Å². The molecular weight excluding hydrogens is 194 g/mol. The summed E-state index contributed by atoms with van der Waals surface area (Å²) in [5, 5.41) is 1.93. The van der Waals surface area contributed by atoms with Crippen LogP contribution in [0, 0.1) is 6.92 Å². The summed E-state index contributed by atoms with van der Waals surface area (Å²) in [4.78, 5) is 4.53. The van der Waals surface area contributed by atoms with Crippen molar-refractivity contribution in [2.24, 2.45) is 0 Å². The monoisotopic (exact) mass is 205 g/mol. The molecule has 1 heterocycles. The van der Waals surface area contributed by atoms with E-state index in [1.165, 1.54) is 10.9 Å². The van der Waals surface area contributed by atoms with E-state index in [4.69, 9.17) is 11.6 Å². The minimum Gasteiger partial charge on any atom is -0.253 e. The number of rotatable bonds is 1. The van der Waals surface area contributed by atoms with Crippen molar-refractivity contribution in [1.82, 2.24) is 4.98 Å². The predicted molar refractivity (Wildman–Crippen MR) is 60.9 cm³/mol. The number of aryl methyl sites for hydroxylation is 2. The number of hydrogen-bond donors (Lipinski definition) is 0. The van der Waals surface area contributed by atoms with Gasteiger partial charge < -0.3 is 0 Å². The van der Waals surface area contributed by atoms with E-state index in [0.717, 1.165) is 22.7 Å². The van der Waals surface area contributed by atoms with Crippen molar-refractivity contribution < 1.29 is 0 Å². The van der Waals surface area contributed by atoms with E-state index in [9.17, 15) is 0 Å². The normalized spacial score (nSPS) is 10.8. The van der Waals surface area contributed by atoms with Crippen molar-refractivity contribution in [1.29, 1.82) is 0 Å². The fraction of sp³-hybridized carbons (Fsp3) is 0.250. The fourth-order valence-electron chi connectivity index (χ4n) is 1.63. The summed E-state index contributed by atoms with van der Waals surface area (Å²) in [7, 11) is 0. The summed E-state index contributed by atoms with van der Waals surface area (Å²) in [6, 6.07) is 7.99. The van der Waals surface area contributed by atoms with Crippen LogP contribution in [0.4, 0.5) is 0 Å². The molecule has 2 aromatic rings. The Kier molecular flexibility index (Phi) is 2.42. The summed E-state index contributed by atoms with van der Waals surface area (Å²) < 4.78 is 0. The van der Waals surface area contributed by atoms with E-state index in [2.05, 4.69) is 24.9 Å². The van der Waals surface area contributed by atoms with E-state index in [1.807, 2.05) is 18.2 Å². The van der Waals surface area contributed by atoms with Crippen LogP contribution in [0.2, 0.25) is 5.02 Å². The van der Waals surface area contributed by atoms with Gasteiger partial charge in [0.25, 0.3) is 0 Å². The summed E-state index contributed by atoms with van der Waals surface area (Å²) in [5.74, 6) is 0. The molecule has 1 aromatic heterocycles. The molecule has 2 heteroatoms. The lowest BCUT2D eigenvalue weighted by molar-refractivity contribution is 1.05. The van der Waals surface area contributed by atoms with Crippen molar-refractivity contribution in [3.63, 3.8) is 0 Å². The standard InChI is InChI=1S/C12H12ClN/c1-3-10-6-8(2)11-5-4-9(13)7-12(11)14-10/h4-7H,3H2,1-2H3. The topological polar surface area (TPSA) is 12.9 Å². The van der Waals surface area contributed by atoms with E-state index >= 15 is 0 Å². The highest BCUT2D eigenvalue weighted by Gasteiger charge is 2.01. The van der Waals surface area contributed by atoms with Crippen LogP contribution >= 0.6 is 11.6 Å². The number of aromatic nitrogens is 1. The molecule has 0 spiro atoms. The second kappa shape index (κ2) is 3.58. The summed E-state index contributed by atoms with van der Waals surface area (Å²) in [6.45, 7) is 4.22. The SMILES string of the molecule is CCc1cc(C)c2ccc(Cl)cc2n1. The quantitative estimate of drug-likeness (QED) is 0.691. The maximum Gasteiger partial charge on any atom is 0.0722 e. The van der Waals surface area contributed by atoms with Crippen LogP contribution in [-0.4, -0.2) is 4.98 Å². The van der Waals surface area contributed by atoms with Gasteiger partial charge in [-0.15, -0.1) is 0 Å². The zero-order valence-electron chi connectivity index (χ0n) is 8.34. The van der Waals surface area contributed by atoms with Gasteiger partial charge in [0.15, 0.2) is 0 Å². The molecule has 0 amide bonds. The first-order valence-electron chi connectivity index (χ1n) is 4.76. The van der Waals surface area contributed by atoms with Gasteiger partial charge in [-0.3, -0.25) is 4.98 Å². The fourth-order valence-corrected chi connectivity index (χ4v) is 1.79. The van der Waals surface area contributed by atoms with Gasteiger partial charge in [0.1, 0.15) is 0 Å². The van der Waals surface area contributed by atoms with Gasteiger partial charge >= 0.3 is 0 Å². The Morgan fingerprint density at radius 2 is 2.07 bits per heavy atom. The van der Waals surface area contributed by atoms with Crippen LogP contribution in [0.1, 0.15) is 18.2 Å². The minimum absolute atomic E-state index is 0.748. The molecule has 0 N–H and O–H groups in total. The number of hydrogen-bond acceptors (Lipinski definition) is 1. The Bertz CT molecular complexity index is 477. The Morgan fingerprint density at radius 1 is 1.29 bits per heavy atom. The van der Waals surface area contributed by atoms with Crippen LogP contribution in [0.15, 0.2) is 24.3 Å². The molecule has 0 fully saturated rings. The number of pyridine rings is 1. The van der Waals surface area contributed by atoms with Gasteiger partial charge in [-0.1, -0.05) is 24.6 Å². The van der Waals surface area contributed by atoms with Gasteiger partial charge in [-0.2, -0.15) is 0 Å². The molecule has 0 radical (unpaired) electrons. The van der Waals surface area contributed by atoms with Gasteiger partial charge in [-0.25, -0.2) is 0 Å². The zero-order chi connectivity index (χ0) is 10.1. The van der Waals surface area contributed by atoms with E-state index in [0.29, 0.717) is 0 Å². The molecule has 0 saturated carbocycles. The molecule has 0 bridgehead atoms. The van der Waals surface area contributed by atoms with Crippen LogP contribution in [0.25, 0.3) is 10.9 Å². The molecule has 0 unspecified atom stereocenters. The average Bonchev–Trinajstić information content (AvgIpc) is 2.16. The van der Waals surface area contributed by atoms with Crippen molar-refractivity contribution in [2.45, 2.75) is 20.3 Å². The van der Waals surface area contributed by atoms with Gasteiger partial charge in [0.2, 0.25) is 0 Å². The molecule has 0 aliphatic rings. The number of benzene rings is 1. The number of nitrogens with zero attached hydrogens (tertiary/aromatic N) is 1. The smallest absolute Gasteiger partial charge is 0.0722 e. The Labute approximate surface area is 88.7 Å². The molecule has 0 aliphatic carbocycles. The lowest BCUT2D eigenvalue weighted by Crippen LogP contribution is -1.90. The second-order valence-electron chi connectivity index (χ2n) is 3.45. The highest BCUT2D eigenvalue weighted by atomic mass is 35.5. The second-order valence-corrected chi connectivity index (χ2v) is 3.88. The molecule has 72 valence electrons. The Balaban J connectivity index is 2.77. The molecule has 1 aromatic carbocycles. The van der Waals surface area contributed by atoms with Crippen LogP contribution in [-0.2, 0) is 6.42 Å². The van der Waals surface area contributed by atoms with Crippen molar-refractivity contribution in [3.8, 4) is 0 Å². The maximum atomic E-state index is 5.93. The van der Waals surface area contributed by atoms with Crippen molar-refractivity contribution in [3.05, 3.63) is 40.5 Å². The largest absolute Gasteiger partial charge is 0.253 e. The number of fused-ring (bicyclic) bond motifs is 1. The van der Waals surface area contributed by atoms with Crippen molar-refractivity contribution in [2.75, 3.05) is 0 Å². The van der Waals surface area contributed by atoms with Gasteiger partial charge in [-0.05, 0) is 37.1 Å². The molecule has 0 saturated heterocycles. The third kappa shape index (κ3) is 1.60. The Morgan fingerprint density at radius 3 is 2.79 bits per heavy atom. The third-order valence-corrected chi connectivity index (χ3v) is 2.63. The van der Waals surface area contributed by atoms with Crippen molar-refractivity contribution >= 4 is 22.5 Å². The van der Waals surface area contributed by atoms with E-state index < -0.39 is 0 Å². The predicted octanol–water partition coefficient (Wildman–Crippen LogP) is 3.76. The average molecular weight is 206 g/mol. The highest BCUT2D eigenvalue weighted by molar-refractivity contribution is 6.31. The van der Waals surface area contributed by atoms with Crippen LogP contribution in [0.5, 0.6) is 0 Å². The van der Waals surface area contributed by atoms with Gasteiger partial charge in [0.05, 0.1) is 5.52 Å². The zero-order valence-corrected chi connectivity index (χ0v) is 9.10. The molecule has 14 heavy (non-hydrogen) atoms. The summed E-state index contributed by atoms with van der Waals surface area (Å²) in [5.41, 5.74) is 3.38. The molecular formula is C12H12ClN. The Hall–Kier alpha value is -1.08. The maximum absolute atomic E-state index is 5.93. The molecule has 2 rings (SSSR count).